The molecule has 0 amide bonds. The fourth-order valence-corrected chi connectivity index (χ4v) is 3.76. The van der Waals surface area contributed by atoms with Gasteiger partial charge in [0.2, 0.25) is 0 Å². The summed E-state index contributed by atoms with van der Waals surface area (Å²) in [5.41, 5.74) is 1.35. The van der Waals surface area contributed by atoms with Crippen LogP contribution in [0.2, 0.25) is 0 Å². The van der Waals surface area contributed by atoms with E-state index in [4.69, 9.17) is 4.99 Å². The average molecular weight is 494 g/mol. The molecule has 1 aliphatic rings. The van der Waals surface area contributed by atoms with Gasteiger partial charge in [-0.2, -0.15) is 0 Å². The number of aliphatic imine (C=N–C) groups is 1. The summed E-state index contributed by atoms with van der Waals surface area (Å²) in [5.74, 6) is 0.960. The molecule has 1 aliphatic heterocycles. The molecule has 3 rings (SSSR count). The van der Waals surface area contributed by atoms with Crippen molar-refractivity contribution in [3.8, 4) is 0 Å². The predicted octanol–water partition coefficient (Wildman–Crippen LogP) is 4.43. The first-order chi connectivity index (χ1) is 13.2. The Kier molecular flexibility index (Phi) is 9.51. The normalized spacial score (nSPS) is 16.2. The van der Waals surface area contributed by atoms with Crippen molar-refractivity contribution in [1.82, 2.24) is 15.5 Å². The number of halogens is 1. The van der Waals surface area contributed by atoms with Gasteiger partial charge in [0.1, 0.15) is 0 Å². The maximum Gasteiger partial charge on any atom is 0.191 e. The molecule has 28 heavy (non-hydrogen) atoms. The molecule has 4 nitrogen and oxygen atoms in total. The topological polar surface area (TPSA) is 39.7 Å². The molecule has 0 unspecified atom stereocenters. The lowest BCUT2D eigenvalue weighted by Crippen LogP contribution is -2.49. The number of fused-ring (bicyclic) bond motifs is 1. The minimum atomic E-state index is 0. The Balaban J connectivity index is 0.00000280. The van der Waals surface area contributed by atoms with Crippen LogP contribution in [0.3, 0.4) is 0 Å². The molecule has 2 aromatic rings. The zero-order chi connectivity index (χ0) is 19.1. The molecule has 2 aromatic carbocycles. The van der Waals surface area contributed by atoms with Crippen LogP contribution in [0, 0.1) is 0 Å². The molecule has 0 aliphatic carbocycles. The van der Waals surface area contributed by atoms with E-state index < -0.39 is 0 Å². The first-order valence-corrected chi connectivity index (χ1v) is 10.4. The Labute approximate surface area is 187 Å². The minimum absolute atomic E-state index is 0. The summed E-state index contributed by atoms with van der Waals surface area (Å²) >= 11 is 0. The molecule has 0 spiro atoms. The zero-order valence-corrected chi connectivity index (χ0v) is 19.8. The van der Waals surface area contributed by atoms with Gasteiger partial charge in [-0.1, -0.05) is 42.5 Å². The molecular weight excluding hydrogens is 459 g/mol. The second-order valence-electron chi connectivity index (χ2n) is 7.74. The quantitative estimate of drug-likeness (QED) is 0.355. The number of rotatable bonds is 6. The number of hydrogen-bond acceptors (Lipinski definition) is 2. The molecule has 2 N–H and O–H groups in total. The Morgan fingerprint density at radius 1 is 1.11 bits per heavy atom. The van der Waals surface area contributed by atoms with Gasteiger partial charge < -0.3 is 15.5 Å². The largest absolute Gasteiger partial charge is 0.357 e. The van der Waals surface area contributed by atoms with Crippen molar-refractivity contribution < 1.29 is 0 Å². The minimum Gasteiger partial charge on any atom is -0.357 e. The second kappa shape index (κ2) is 11.6. The van der Waals surface area contributed by atoms with E-state index in [2.05, 4.69) is 78.8 Å². The lowest BCUT2D eigenvalue weighted by Gasteiger charge is -2.35. The summed E-state index contributed by atoms with van der Waals surface area (Å²) in [5, 5.41) is 9.65. The Bertz CT molecular complexity index is 751. The zero-order valence-electron chi connectivity index (χ0n) is 17.4. The molecule has 0 atom stereocenters. The highest BCUT2D eigenvalue weighted by Gasteiger charge is 2.21. The van der Waals surface area contributed by atoms with Crippen LogP contribution in [0.15, 0.2) is 47.5 Å². The van der Waals surface area contributed by atoms with Crippen LogP contribution in [0.5, 0.6) is 0 Å². The molecule has 1 fully saturated rings. The van der Waals surface area contributed by atoms with Crippen LogP contribution in [0.1, 0.15) is 39.2 Å². The molecule has 0 bridgehead atoms. The summed E-state index contributed by atoms with van der Waals surface area (Å²) in [7, 11) is 0. The van der Waals surface area contributed by atoms with Gasteiger partial charge in [0.25, 0.3) is 0 Å². The highest BCUT2D eigenvalue weighted by atomic mass is 127. The van der Waals surface area contributed by atoms with Crippen LogP contribution in [0.4, 0.5) is 0 Å². The van der Waals surface area contributed by atoms with E-state index in [0.29, 0.717) is 12.1 Å². The summed E-state index contributed by atoms with van der Waals surface area (Å²) in [4.78, 5) is 7.38. The van der Waals surface area contributed by atoms with Crippen LogP contribution in [-0.2, 0) is 6.42 Å². The summed E-state index contributed by atoms with van der Waals surface area (Å²) in [6.07, 6.45) is 3.34. The molecule has 0 saturated carbocycles. The van der Waals surface area contributed by atoms with Gasteiger partial charge in [-0.3, -0.25) is 4.99 Å². The predicted molar refractivity (Wildman–Crippen MR) is 132 cm³/mol. The van der Waals surface area contributed by atoms with E-state index in [1.807, 2.05) is 0 Å². The molecule has 0 radical (unpaired) electrons. The molecule has 1 heterocycles. The van der Waals surface area contributed by atoms with Gasteiger partial charge in [0.15, 0.2) is 5.96 Å². The van der Waals surface area contributed by atoms with Crippen molar-refractivity contribution in [1.29, 1.82) is 0 Å². The van der Waals surface area contributed by atoms with Gasteiger partial charge in [-0.05, 0) is 56.4 Å². The number of nitrogens with zero attached hydrogens (tertiary/aromatic N) is 2. The number of benzene rings is 2. The van der Waals surface area contributed by atoms with Gasteiger partial charge >= 0.3 is 0 Å². The van der Waals surface area contributed by atoms with Crippen LogP contribution < -0.4 is 10.6 Å². The summed E-state index contributed by atoms with van der Waals surface area (Å²) in [6.45, 7) is 10.7. The molecule has 5 heteroatoms. The van der Waals surface area contributed by atoms with Crippen LogP contribution in [-0.4, -0.2) is 49.1 Å². The van der Waals surface area contributed by atoms with Gasteiger partial charge in [0.05, 0.1) is 0 Å². The smallest absolute Gasteiger partial charge is 0.191 e. The third-order valence-corrected chi connectivity index (χ3v) is 5.43. The van der Waals surface area contributed by atoms with Gasteiger partial charge in [-0.15, -0.1) is 24.0 Å². The van der Waals surface area contributed by atoms with Gasteiger partial charge in [-0.25, -0.2) is 0 Å². The van der Waals surface area contributed by atoms with Crippen molar-refractivity contribution in [3.05, 3.63) is 48.0 Å². The first-order valence-electron chi connectivity index (χ1n) is 10.4. The molecular formula is C23H35IN4. The van der Waals surface area contributed by atoms with Crippen molar-refractivity contribution >= 4 is 40.7 Å². The van der Waals surface area contributed by atoms with E-state index >= 15 is 0 Å². The molecule has 1 saturated heterocycles. The first kappa shape index (κ1) is 22.9. The lowest BCUT2D eigenvalue weighted by atomic mass is 10.0. The van der Waals surface area contributed by atoms with Crippen LogP contribution in [0.25, 0.3) is 10.8 Å². The Hall–Kier alpha value is -1.34. The van der Waals surface area contributed by atoms with E-state index in [9.17, 15) is 0 Å². The van der Waals surface area contributed by atoms with E-state index in [-0.39, 0.29) is 24.0 Å². The van der Waals surface area contributed by atoms with Gasteiger partial charge in [0, 0.05) is 38.3 Å². The number of guanidine groups is 1. The van der Waals surface area contributed by atoms with E-state index in [1.54, 1.807) is 0 Å². The molecule has 0 aromatic heterocycles. The van der Waals surface area contributed by atoms with Crippen molar-refractivity contribution in [3.63, 3.8) is 0 Å². The summed E-state index contributed by atoms with van der Waals surface area (Å²) in [6, 6.07) is 16.4. The number of piperidine rings is 1. The second-order valence-corrected chi connectivity index (χ2v) is 7.74. The van der Waals surface area contributed by atoms with E-state index in [1.165, 1.54) is 42.3 Å². The summed E-state index contributed by atoms with van der Waals surface area (Å²) < 4.78 is 0. The number of hydrogen-bond donors (Lipinski definition) is 2. The third kappa shape index (κ3) is 6.62. The third-order valence-electron chi connectivity index (χ3n) is 5.43. The highest BCUT2D eigenvalue weighted by molar-refractivity contribution is 14.0. The standard InChI is InChI=1S/C23H34N4.HI/c1-4-24-23(26-22-12-15-27(16-13-22)18(2)3)25-14-11-19-9-10-20-7-5-6-8-21(20)17-19;/h5-10,17-18,22H,4,11-16H2,1-3H3,(H2,24,25,26);1H. The Morgan fingerprint density at radius 2 is 1.82 bits per heavy atom. The van der Waals surface area contributed by atoms with Crippen molar-refractivity contribution in [2.24, 2.45) is 4.99 Å². The molecule has 154 valence electrons. The van der Waals surface area contributed by atoms with E-state index in [0.717, 1.165) is 25.5 Å². The highest BCUT2D eigenvalue weighted by Crippen LogP contribution is 2.16. The fourth-order valence-electron chi connectivity index (χ4n) is 3.76. The van der Waals surface area contributed by atoms with Crippen molar-refractivity contribution in [2.75, 3.05) is 26.2 Å². The SMILES string of the molecule is CCNC(=NCCc1ccc2ccccc2c1)NC1CCN(C(C)C)CC1.I. The fraction of sp³-hybridized carbons (Fsp3) is 0.522. The monoisotopic (exact) mass is 494 g/mol. The van der Waals surface area contributed by atoms with Crippen LogP contribution >= 0.6 is 24.0 Å². The lowest BCUT2D eigenvalue weighted by molar-refractivity contribution is 0.167. The maximum atomic E-state index is 4.82. The van der Waals surface area contributed by atoms with Crippen molar-refractivity contribution in [2.45, 2.75) is 52.1 Å². The number of nitrogens with one attached hydrogen (secondary N) is 2. The number of likely N-dealkylation sites (tertiary alicyclic amines) is 1. The maximum absolute atomic E-state index is 4.82. The Morgan fingerprint density at radius 3 is 2.50 bits per heavy atom. The average Bonchev–Trinajstić information content (AvgIpc) is 2.68.